The summed E-state index contributed by atoms with van der Waals surface area (Å²) in [5.41, 5.74) is 2.87. The largest absolute Gasteiger partial charge is 0.487 e. The Morgan fingerprint density at radius 2 is 1.84 bits per heavy atom. The van der Waals surface area contributed by atoms with Crippen LogP contribution in [0, 0.1) is 0 Å². The van der Waals surface area contributed by atoms with Crippen molar-refractivity contribution in [1.82, 2.24) is 10.6 Å². The Morgan fingerprint density at radius 3 is 2.62 bits per heavy atom. The number of hydrogen-bond donors (Lipinski definition) is 4. The van der Waals surface area contributed by atoms with Gasteiger partial charge in [-0.15, -0.1) is 0 Å². The van der Waals surface area contributed by atoms with E-state index >= 15 is 0 Å². The number of hydrogen-bond acceptors (Lipinski definition) is 5. The number of benzene rings is 2. The van der Waals surface area contributed by atoms with Gasteiger partial charge in [0.2, 0.25) is 5.91 Å². The molecule has 4 N–H and O–H groups in total. The lowest BCUT2D eigenvalue weighted by molar-refractivity contribution is -0.142. The minimum atomic E-state index is -0.515. The molecule has 2 aromatic rings. The van der Waals surface area contributed by atoms with Gasteiger partial charge in [-0.3, -0.25) is 4.79 Å². The van der Waals surface area contributed by atoms with Crippen LogP contribution in [0.5, 0.6) is 5.75 Å². The Labute approximate surface area is 218 Å². The van der Waals surface area contributed by atoms with Gasteiger partial charge in [0, 0.05) is 29.8 Å². The zero-order valence-electron chi connectivity index (χ0n) is 21.2. The van der Waals surface area contributed by atoms with Gasteiger partial charge in [-0.2, -0.15) is 0 Å². The van der Waals surface area contributed by atoms with Crippen LogP contribution in [-0.4, -0.2) is 54.6 Å². The second-order valence-electron chi connectivity index (χ2n) is 10.4. The standard InChI is InChI=1S/C29H37N3O5/c33-18-26-28-24(16-22(36-26)17-27(34)30-14-13-19-7-3-1-4-8-19)23-15-21(11-12-25(23)37-28)32-29(35)31-20-9-5-2-6-10-20/h1,3-4,7-8,11-12,15,20,22,24,26,28,33H,2,5-6,9-10,13-14,16-18H2,(H,30,34)(H2,31,32,35)/t22-,24+,26+,28-/m0/s1. The number of rotatable bonds is 8. The second kappa shape index (κ2) is 12.0. The number of fused-ring (bicyclic) bond motifs is 3. The molecule has 198 valence electrons. The molecular weight excluding hydrogens is 470 g/mol. The summed E-state index contributed by atoms with van der Waals surface area (Å²) in [6.07, 6.45) is 6.06. The lowest BCUT2D eigenvalue weighted by Gasteiger charge is -2.37. The van der Waals surface area contributed by atoms with E-state index in [0.717, 1.165) is 43.4 Å². The number of carbonyl (C=O) groups excluding carboxylic acids is 2. The molecule has 0 bridgehead atoms. The molecule has 37 heavy (non-hydrogen) atoms. The minimum Gasteiger partial charge on any atom is -0.487 e. The number of urea groups is 1. The summed E-state index contributed by atoms with van der Waals surface area (Å²) in [7, 11) is 0. The topological polar surface area (TPSA) is 109 Å². The Morgan fingerprint density at radius 1 is 1.03 bits per heavy atom. The third-order valence-electron chi connectivity index (χ3n) is 7.69. The normalized spacial score (nSPS) is 24.9. The number of amides is 3. The summed E-state index contributed by atoms with van der Waals surface area (Å²) >= 11 is 0. The molecular formula is C29H37N3O5. The van der Waals surface area contributed by atoms with Gasteiger partial charge in [-0.1, -0.05) is 49.6 Å². The highest BCUT2D eigenvalue weighted by atomic mass is 16.6. The molecule has 2 fully saturated rings. The van der Waals surface area contributed by atoms with E-state index < -0.39 is 6.10 Å². The summed E-state index contributed by atoms with van der Waals surface area (Å²) in [5.74, 6) is 0.652. The molecule has 0 unspecified atom stereocenters. The summed E-state index contributed by atoms with van der Waals surface area (Å²) < 4.78 is 12.2. The van der Waals surface area contributed by atoms with E-state index in [0.29, 0.717) is 18.7 Å². The van der Waals surface area contributed by atoms with Crippen molar-refractivity contribution in [3.05, 3.63) is 59.7 Å². The molecule has 4 atom stereocenters. The molecule has 5 rings (SSSR count). The Bertz CT molecular complexity index is 1070. The number of anilines is 1. The van der Waals surface area contributed by atoms with Crippen molar-refractivity contribution < 1.29 is 24.2 Å². The maximum absolute atomic E-state index is 12.6. The Kier molecular flexibility index (Phi) is 8.26. The van der Waals surface area contributed by atoms with Gasteiger partial charge >= 0.3 is 6.03 Å². The lowest BCUT2D eigenvalue weighted by Crippen LogP contribution is -2.47. The third-order valence-corrected chi connectivity index (χ3v) is 7.69. The predicted molar refractivity (Wildman–Crippen MR) is 141 cm³/mol. The maximum atomic E-state index is 12.6. The first kappa shape index (κ1) is 25.5. The Balaban J connectivity index is 1.18. The van der Waals surface area contributed by atoms with Crippen molar-refractivity contribution in [3.63, 3.8) is 0 Å². The highest BCUT2D eigenvalue weighted by Crippen LogP contribution is 2.47. The van der Waals surface area contributed by atoms with Gasteiger partial charge in [0.1, 0.15) is 18.0 Å². The van der Waals surface area contributed by atoms with E-state index in [1.807, 2.05) is 48.5 Å². The fraction of sp³-hybridized carbons (Fsp3) is 0.517. The predicted octanol–water partition coefficient (Wildman–Crippen LogP) is 3.88. The molecule has 1 aliphatic carbocycles. The molecule has 0 aromatic heterocycles. The average molecular weight is 508 g/mol. The minimum absolute atomic E-state index is 0.0221. The van der Waals surface area contributed by atoms with Crippen LogP contribution in [0.3, 0.4) is 0 Å². The van der Waals surface area contributed by atoms with Crippen molar-refractivity contribution in [2.75, 3.05) is 18.5 Å². The van der Waals surface area contributed by atoms with Crippen molar-refractivity contribution in [2.24, 2.45) is 0 Å². The monoisotopic (exact) mass is 507 g/mol. The summed E-state index contributed by atoms with van der Waals surface area (Å²) in [6, 6.07) is 15.7. The fourth-order valence-electron chi connectivity index (χ4n) is 5.84. The number of nitrogens with one attached hydrogen (secondary N) is 3. The molecule has 3 aliphatic rings. The molecule has 1 saturated heterocycles. The van der Waals surface area contributed by atoms with Crippen LogP contribution < -0.4 is 20.7 Å². The Hall–Kier alpha value is -3.10. The van der Waals surface area contributed by atoms with Crippen molar-refractivity contribution in [2.45, 2.75) is 81.6 Å². The van der Waals surface area contributed by atoms with Gasteiger partial charge in [0.25, 0.3) is 0 Å². The molecule has 1 saturated carbocycles. The van der Waals surface area contributed by atoms with Crippen LogP contribution in [0.2, 0.25) is 0 Å². The van der Waals surface area contributed by atoms with Crippen LogP contribution >= 0.6 is 0 Å². The van der Waals surface area contributed by atoms with Crippen molar-refractivity contribution in [3.8, 4) is 5.75 Å². The van der Waals surface area contributed by atoms with Gasteiger partial charge in [-0.05, 0) is 49.4 Å². The highest BCUT2D eigenvalue weighted by Gasteiger charge is 2.46. The second-order valence-corrected chi connectivity index (χ2v) is 10.4. The SMILES string of the molecule is O=C(C[C@@H]1C[C@@H]2c3cc(NC(=O)NC4CCCCC4)ccc3O[C@@H]2[C@@H](CO)O1)NCCc1ccccc1. The smallest absolute Gasteiger partial charge is 0.319 e. The zero-order chi connectivity index (χ0) is 25.6. The first-order valence-corrected chi connectivity index (χ1v) is 13.5. The molecule has 2 aromatic carbocycles. The van der Waals surface area contributed by atoms with E-state index in [2.05, 4.69) is 16.0 Å². The molecule has 8 heteroatoms. The van der Waals surface area contributed by atoms with E-state index in [1.165, 1.54) is 12.0 Å². The van der Waals surface area contributed by atoms with Crippen molar-refractivity contribution in [1.29, 1.82) is 0 Å². The maximum Gasteiger partial charge on any atom is 0.319 e. The van der Waals surface area contributed by atoms with Gasteiger partial charge in [0.05, 0.1) is 19.1 Å². The quantitative estimate of drug-likeness (QED) is 0.434. The molecule has 8 nitrogen and oxygen atoms in total. The van der Waals surface area contributed by atoms with Crippen LogP contribution in [-0.2, 0) is 16.0 Å². The molecule has 2 aliphatic heterocycles. The summed E-state index contributed by atoms with van der Waals surface area (Å²) in [4.78, 5) is 25.2. The van der Waals surface area contributed by atoms with E-state index in [-0.39, 0.29) is 49.1 Å². The number of ether oxygens (including phenoxy) is 2. The van der Waals surface area contributed by atoms with Crippen molar-refractivity contribution >= 4 is 17.6 Å². The van der Waals surface area contributed by atoms with E-state index in [1.54, 1.807) is 0 Å². The number of carbonyl (C=O) groups is 2. The molecule has 2 heterocycles. The fourth-order valence-corrected chi connectivity index (χ4v) is 5.84. The molecule has 0 spiro atoms. The van der Waals surface area contributed by atoms with E-state index in [9.17, 15) is 14.7 Å². The average Bonchev–Trinajstić information content (AvgIpc) is 3.27. The van der Waals surface area contributed by atoms with Crippen LogP contribution in [0.4, 0.5) is 10.5 Å². The van der Waals surface area contributed by atoms with Crippen LogP contribution in [0.15, 0.2) is 48.5 Å². The van der Waals surface area contributed by atoms with E-state index in [4.69, 9.17) is 9.47 Å². The summed E-state index contributed by atoms with van der Waals surface area (Å²) in [5, 5.41) is 19.0. The van der Waals surface area contributed by atoms with Gasteiger partial charge < -0.3 is 30.5 Å². The lowest BCUT2D eigenvalue weighted by atomic mass is 9.84. The number of aliphatic hydroxyl groups is 1. The first-order chi connectivity index (χ1) is 18.1. The molecule has 0 radical (unpaired) electrons. The zero-order valence-corrected chi connectivity index (χ0v) is 21.2. The summed E-state index contributed by atoms with van der Waals surface area (Å²) in [6.45, 7) is 0.380. The first-order valence-electron chi connectivity index (χ1n) is 13.5. The molecule has 3 amide bonds. The van der Waals surface area contributed by atoms with Crippen LogP contribution in [0.1, 0.15) is 62.0 Å². The van der Waals surface area contributed by atoms with Gasteiger partial charge in [-0.25, -0.2) is 4.79 Å². The van der Waals surface area contributed by atoms with Crippen LogP contribution in [0.25, 0.3) is 0 Å². The number of aliphatic hydroxyl groups excluding tert-OH is 1. The third kappa shape index (κ3) is 6.43. The highest BCUT2D eigenvalue weighted by molar-refractivity contribution is 5.89. The van der Waals surface area contributed by atoms with Gasteiger partial charge in [0.15, 0.2) is 0 Å².